The third kappa shape index (κ3) is 14.2. The summed E-state index contributed by atoms with van der Waals surface area (Å²) in [6, 6.07) is 0. The molecule has 0 saturated heterocycles. The van der Waals surface area contributed by atoms with E-state index in [4.69, 9.17) is 4.74 Å². The first-order chi connectivity index (χ1) is 13.9. The molecule has 0 heterocycles. The van der Waals surface area contributed by atoms with Gasteiger partial charge in [0.05, 0.1) is 0 Å². The number of ether oxygens (including phenoxy) is 1. The van der Waals surface area contributed by atoms with Crippen molar-refractivity contribution in [3.8, 4) is 0 Å². The average molecular weight is 404 g/mol. The monoisotopic (exact) mass is 403 g/mol. The first kappa shape index (κ1) is 25.5. The predicted molar refractivity (Wildman–Crippen MR) is 125 cm³/mol. The van der Waals surface area contributed by atoms with Crippen LogP contribution in [-0.2, 0) is 4.74 Å². The molecule has 0 spiro atoms. The van der Waals surface area contributed by atoms with Gasteiger partial charge in [0, 0.05) is 6.54 Å². The molecular weight excluding hydrogens is 358 g/mol. The molecule has 3 heteroatoms. The fourth-order valence-corrected chi connectivity index (χ4v) is 3.81. The SMILES string of the molecule is CC(C)=CCCC(C)=CCCC(C)=CCCC(C)OC(=O)NCC1CCCCC1. The second-order valence-electron chi connectivity index (χ2n) is 9.14. The van der Waals surface area contributed by atoms with Crippen molar-refractivity contribution in [3.63, 3.8) is 0 Å². The standard InChI is InChI=1S/C26H45NO2/c1-21(2)12-9-13-22(3)14-10-15-23(4)16-11-17-24(5)29-26(28)27-20-25-18-7-6-8-19-25/h12,14,16,24-25H,6-11,13,15,17-20H2,1-5H3,(H,27,28). The Kier molecular flexibility index (Phi) is 13.5. The van der Waals surface area contributed by atoms with Gasteiger partial charge in [-0.25, -0.2) is 4.79 Å². The number of allylic oxidation sites excluding steroid dienone is 6. The molecule has 1 atom stereocenters. The molecule has 0 bridgehead atoms. The van der Waals surface area contributed by atoms with Gasteiger partial charge in [-0.2, -0.15) is 0 Å². The molecule has 0 aromatic carbocycles. The Balaban J connectivity index is 2.14. The van der Waals surface area contributed by atoms with Crippen molar-refractivity contribution in [1.82, 2.24) is 5.32 Å². The highest BCUT2D eigenvalue weighted by Crippen LogP contribution is 2.22. The van der Waals surface area contributed by atoms with Crippen molar-refractivity contribution in [2.24, 2.45) is 5.92 Å². The molecule has 0 aromatic heterocycles. The summed E-state index contributed by atoms with van der Waals surface area (Å²) in [5, 5.41) is 2.95. The van der Waals surface area contributed by atoms with Crippen molar-refractivity contribution in [2.75, 3.05) is 6.54 Å². The number of hydrogen-bond donors (Lipinski definition) is 1. The number of rotatable bonds is 12. The fourth-order valence-electron chi connectivity index (χ4n) is 3.81. The molecule has 1 unspecified atom stereocenters. The third-order valence-corrected chi connectivity index (χ3v) is 5.76. The minimum Gasteiger partial charge on any atom is -0.447 e. The van der Waals surface area contributed by atoms with Gasteiger partial charge in [-0.05, 0) is 91.9 Å². The molecule has 0 aromatic rings. The van der Waals surface area contributed by atoms with Crippen molar-refractivity contribution in [3.05, 3.63) is 34.9 Å². The number of carbonyl (C=O) groups is 1. The number of hydrogen-bond acceptors (Lipinski definition) is 2. The zero-order chi connectivity index (χ0) is 21.5. The highest BCUT2D eigenvalue weighted by Gasteiger charge is 2.15. The van der Waals surface area contributed by atoms with E-state index in [1.165, 1.54) is 48.8 Å². The topological polar surface area (TPSA) is 38.3 Å². The third-order valence-electron chi connectivity index (χ3n) is 5.76. The Morgan fingerprint density at radius 2 is 1.52 bits per heavy atom. The number of nitrogens with one attached hydrogen (secondary N) is 1. The van der Waals surface area contributed by atoms with Crippen LogP contribution in [0.25, 0.3) is 0 Å². The molecule has 1 fully saturated rings. The van der Waals surface area contributed by atoms with Gasteiger partial charge in [0.2, 0.25) is 0 Å². The van der Waals surface area contributed by atoms with Gasteiger partial charge in [-0.15, -0.1) is 0 Å². The summed E-state index contributed by atoms with van der Waals surface area (Å²) < 4.78 is 5.50. The van der Waals surface area contributed by atoms with E-state index in [0.717, 1.165) is 45.1 Å². The van der Waals surface area contributed by atoms with E-state index in [1.54, 1.807) is 0 Å². The lowest BCUT2D eigenvalue weighted by atomic mass is 9.89. The van der Waals surface area contributed by atoms with Crippen LogP contribution in [0.5, 0.6) is 0 Å². The second kappa shape index (κ2) is 15.3. The van der Waals surface area contributed by atoms with Crippen LogP contribution in [0.2, 0.25) is 0 Å². The number of amides is 1. The van der Waals surface area contributed by atoms with E-state index in [-0.39, 0.29) is 12.2 Å². The normalized spacial score (nSPS) is 17.0. The van der Waals surface area contributed by atoms with Crippen LogP contribution in [0.15, 0.2) is 34.9 Å². The quantitative estimate of drug-likeness (QED) is 0.336. The molecule has 0 aliphatic heterocycles. The highest BCUT2D eigenvalue weighted by atomic mass is 16.6. The molecule has 1 aliphatic carbocycles. The first-order valence-electron chi connectivity index (χ1n) is 11.8. The maximum Gasteiger partial charge on any atom is 0.407 e. The number of carbonyl (C=O) groups excluding carboxylic acids is 1. The Morgan fingerprint density at radius 3 is 2.14 bits per heavy atom. The van der Waals surface area contributed by atoms with Crippen LogP contribution in [0.4, 0.5) is 4.79 Å². The van der Waals surface area contributed by atoms with E-state index >= 15 is 0 Å². The van der Waals surface area contributed by atoms with Crippen LogP contribution >= 0.6 is 0 Å². The maximum absolute atomic E-state index is 12.0. The summed E-state index contributed by atoms with van der Waals surface area (Å²) >= 11 is 0. The van der Waals surface area contributed by atoms with Crippen LogP contribution in [-0.4, -0.2) is 18.7 Å². The zero-order valence-corrected chi connectivity index (χ0v) is 19.7. The van der Waals surface area contributed by atoms with Crippen LogP contribution in [0, 0.1) is 5.92 Å². The van der Waals surface area contributed by atoms with Crippen LogP contribution < -0.4 is 5.32 Å². The van der Waals surface area contributed by atoms with E-state index < -0.39 is 0 Å². The molecular formula is C26H45NO2. The Morgan fingerprint density at radius 1 is 0.931 bits per heavy atom. The molecule has 0 radical (unpaired) electrons. The van der Waals surface area contributed by atoms with Gasteiger partial charge < -0.3 is 10.1 Å². The van der Waals surface area contributed by atoms with Crippen LogP contribution in [0.1, 0.15) is 105 Å². The van der Waals surface area contributed by atoms with E-state index in [2.05, 4.69) is 51.2 Å². The molecule has 3 nitrogen and oxygen atoms in total. The Hall–Kier alpha value is -1.51. The van der Waals surface area contributed by atoms with Crippen LogP contribution in [0.3, 0.4) is 0 Å². The van der Waals surface area contributed by atoms with Gasteiger partial charge in [0.25, 0.3) is 0 Å². The van der Waals surface area contributed by atoms with Crippen molar-refractivity contribution in [1.29, 1.82) is 0 Å². The molecule has 1 aliphatic rings. The predicted octanol–water partition coefficient (Wildman–Crippen LogP) is 7.88. The molecule has 1 amide bonds. The molecule has 1 rings (SSSR count). The van der Waals surface area contributed by atoms with Gasteiger partial charge in [-0.3, -0.25) is 0 Å². The molecule has 29 heavy (non-hydrogen) atoms. The fraction of sp³-hybridized carbons (Fsp3) is 0.731. The minimum atomic E-state index is -0.252. The molecule has 1 N–H and O–H groups in total. The number of alkyl carbamates (subject to hydrolysis) is 1. The summed E-state index contributed by atoms with van der Waals surface area (Å²) in [4.78, 5) is 12.0. The van der Waals surface area contributed by atoms with Gasteiger partial charge >= 0.3 is 6.09 Å². The van der Waals surface area contributed by atoms with Crippen molar-refractivity contribution in [2.45, 2.75) is 111 Å². The van der Waals surface area contributed by atoms with Crippen molar-refractivity contribution < 1.29 is 9.53 Å². The summed E-state index contributed by atoms with van der Waals surface area (Å²) in [5.74, 6) is 0.641. The second-order valence-corrected chi connectivity index (χ2v) is 9.14. The lowest BCUT2D eigenvalue weighted by Crippen LogP contribution is -2.32. The maximum atomic E-state index is 12.0. The summed E-state index contributed by atoms with van der Waals surface area (Å²) in [7, 11) is 0. The van der Waals surface area contributed by atoms with E-state index in [0.29, 0.717) is 5.92 Å². The lowest BCUT2D eigenvalue weighted by molar-refractivity contribution is 0.101. The van der Waals surface area contributed by atoms with E-state index in [9.17, 15) is 4.79 Å². The Labute approximate surface area is 180 Å². The van der Waals surface area contributed by atoms with E-state index in [1.807, 2.05) is 6.92 Å². The Bertz CT molecular complexity index is 549. The summed E-state index contributed by atoms with van der Waals surface area (Å²) in [6.45, 7) is 11.5. The minimum absolute atomic E-state index is 0.0392. The zero-order valence-electron chi connectivity index (χ0n) is 19.7. The molecule has 1 saturated carbocycles. The summed E-state index contributed by atoms with van der Waals surface area (Å²) in [6.07, 6.45) is 19.5. The summed E-state index contributed by atoms with van der Waals surface area (Å²) in [5.41, 5.74) is 4.31. The molecule has 166 valence electrons. The average Bonchev–Trinajstić information content (AvgIpc) is 2.67. The smallest absolute Gasteiger partial charge is 0.407 e. The highest BCUT2D eigenvalue weighted by molar-refractivity contribution is 5.67. The van der Waals surface area contributed by atoms with Gasteiger partial charge in [0.1, 0.15) is 6.10 Å². The van der Waals surface area contributed by atoms with Crippen molar-refractivity contribution >= 4 is 6.09 Å². The largest absolute Gasteiger partial charge is 0.447 e. The van der Waals surface area contributed by atoms with Gasteiger partial charge in [0.15, 0.2) is 0 Å². The van der Waals surface area contributed by atoms with Gasteiger partial charge in [-0.1, -0.05) is 54.2 Å². The lowest BCUT2D eigenvalue weighted by Gasteiger charge is -2.22. The first-order valence-corrected chi connectivity index (χ1v) is 11.8.